The van der Waals surface area contributed by atoms with Gasteiger partial charge in [0.15, 0.2) is 0 Å². The van der Waals surface area contributed by atoms with E-state index in [1.807, 2.05) is 6.07 Å². The van der Waals surface area contributed by atoms with E-state index in [-0.39, 0.29) is 6.04 Å². The Balaban J connectivity index is 2.56. The summed E-state index contributed by atoms with van der Waals surface area (Å²) in [4.78, 5) is 0. The van der Waals surface area contributed by atoms with E-state index < -0.39 is 0 Å². The van der Waals surface area contributed by atoms with Gasteiger partial charge >= 0.3 is 0 Å². The highest BCUT2D eigenvalue weighted by molar-refractivity contribution is 14.1. The van der Waals surface area contributed by atoms with Gasteiger partial charge in [0.2, 0.25) is 0 Å². The molecule has 0 amide bonds. The van der Waals surface area contributed by atoms with Crippen molar-refractivity contribution in [1.82, 2.24) is 0 Å². The Kier molecular flexibility index (Phi) is 2.31. The van der Waals surface area contributed by atoms with Crippen LogP contribution in [-0.4, -0.2) is 0 Å². The molecular formula is C9H9ClIN. The largest absolute Gasteiger partial charge is 0.324 e. The molecule has 1 atom stereocenters. The Morgan fingerprint density at radius 3 is 3.00 bits per heavy atom. The van der Waals surface area contributed by atoms with Crippen molar-refractivity contribution in [2.75, 3.05) is 0 Å². The van der Waals surface area contributed by atoms with Gasteiger partial charge in [-0.3, -0.25) is 0 Å². The fourth-order valence-electron chi connectivity index (χ4n) is 1.63. The number of benzene rings is 1. The highest BCUT2D eigenvalue weighted by Gasteiger charge is 2.19. The summed E-state index contributed by atoms with van der Waals surface area (Å²) in [6.07, 6.45) is 2.16. The van der Waals surface area contributed by atoms with Crippen LogP contribution in [0.15, 0.2) is 12.1 Å². The van der Waals surface area contributed by atoms with E-state index in [2.05, 4.69) is 28.7 Å². The molecule has 1 aliphatic rings. The van der Waals surface area contributed by atoms with Gasteiger partial charge in [-0.1, -0.05) is 11.6 Å². The van der Waals surface area contributed by atoms with Crippen LogP contribution < -0.4 is 5.73 Å². The summed E-state index contributed by atoms with van der Waals surface area (Å²) in [6.45, 7) is 0. The van der Waals surface area contributed by atoms with E-state index in [1.54, 1.807) is 0 Å². The lowest BCUT2D eigenvalue weighted by atomic mass is 10.1. The van der Waals surface area contributed by atoms with Gasteiger partial charge < -0.3 is 5.73 Å². The number of fused-ring (bicyclic) bond motifs is 1. The zero-order chi connectivity index (χ0) is 8.72. The van der Waals surface area contributed by atoms with Crippen LogP contribution in [0.3, 0.4) is 0 Å². The van der Waals surface area contributed by atoms with Crippen LogP contribution in [0.1, 0.15) is 23.6 Å². The number of nitrogens with two attached hydrogens (primary N) is 1. The molecule has 0 saturated carbocycles. The van der Waals surface area contributed by atoms with Crippen molar-refractivity contribution in [2.45, 2.75) is 18.9 Å². The van der Waals surface area contributed by atoms with Gasteiger partial charge in [0, 0.05) is 9.61 Å². The maximum Gasteiger partial charge on any atom is 0.0542 e. The van der Waals surface area contributed by atoms with Crippen LogP contribution in [0.4, 0.5) is 0 Å². The summed E-state index contributed by atoms with van der Waals surface area (Å²) < 4.78 is 1.13. The fraction of sp³-hybridized carbons (Fsp3) is 0.333. The van der Waals surface area contributed by atoms with Crippen LogP contribution in [0.2, 0.25) is 5.02 Å². The average molecular weight is 294 g/mol. The molecule has 1 nitrogen and oxygen atoms in total. The van der Waals surface area contributed by atoms with Gasteiger partial charge in [-0.15, -0.1) is 0 Å². The molecule has 12 heavy (non-hydrogen) atoms. The van der Waals surface area contributed by atoms with E-state index in [9.17, 15) is 0 Å². The van der Waals surface area contributed by atoms with Crippen LogP contribution in [0.5, 0.6) is 0 Å². The predicted octanol–water partition coefficient (Wildman–Crippen LogP) is 2.89. The molecule has 1 aliphatic carbocycles. The van der Waals surface area contributed by atoms with Crippen molar-refractivity contribution in [3.8, 4) is 0 Å². The molecule has 0 saturated heterocycles. The first kappa shape index (κ1) is 8.78. The number of rotatable bonds is 0. The predicted molar refractivity (Wildman–Crippen MR) is 59.4 cm³/mol. The van der Waals surface area contributed by atoms with E-state index in [1.165, 1.54) is 11.1 Å². The molecule has 1 unspecified atom stereocenters. The van der Waals surface area contributed by atoms with Gasteiger partial charge in [-0.2, -0.15) is 0 Å². The summed E-state index contributed by atoms with van der Waals surface area (Å²) in [7, 11) is 0. The second-order valence-electron chi connectivity index (χ2n) is 3.11. The zero-order valence-corrected chi connectivity index (χ0v) is 9.39. The fourth-order valence-corrected chi connectivity index (χ4v) is 2.34. The van der Waals surface area contributed by atoms with E-state index >= 15 is 0 Å². The lowest BCUT2D eigenvalue weighted by molar-refractivity contribution is 0.713. The van der Waals surface area contributed by atoms with Crippen molar-refractivity contribution in [1.29, 1.82) is 0 Å². The van der Waals surface area contributed by atoms with Gasteiger partial charge in [0.1, 0.15) is 0 Å². The molecule has 1 aromatic carbocycles. The topological polar surface area (TPSA) is 26.0 Å². The third-order valence-corrected chi connectivity index (χ3v) is 3.83. The Hall–Kier alpha value is 0.200. The smallest absolute Gasteiger partial charge is 0.0542 e. The normalized spacial score (nSPS) is 21.1. The number of halogens is 2. The summed E-state index contributed by atoms with van der Waals surface area (Å²) in [5.41, 5.74) is 8.51. The summed E-state index contributed by atoms with van der Waals surface area (Å²) in [5, 5.41) is 0.826. The van der Waals surface area contributed by atoms with Crippen molar-refractivity contribution >= 4 is 34.2 Å². The minimum atomic E-state index is 0.203. The number of aryl methyl sites for hydroxylation is 1. The first-order valence-electron chi connectivity index (χ1n) is 3.92. The Morgan fingerprint density at radius 2 is 2.25 bits per heavy atom. The number of hydrogen-bond acceptors (Lipinski definition) is 1. The quantitative estimate of drug-likeness (QED) is 0.731. The maximum absolute atomic E-state index is 5.99. The molecule has 0 aliphatic heterocycles. The standard InChI is InChI=1S/C9H9ClIN/c10-7-4-6-5(3-8(7)11)1-2-9(6)12/h3-4,9H,1-2,12H2. The lowest BCUT2D eigenvalue weighted by Crippen LogP contribution is -2.05. The second-order valence-corrected chi connectivity index (χ2v) is 4.68. The molecule has 3 heteroatoms. The molecule has 64 valence electrons. The Morgan fingerprint density at radius 1 is 1.50 bits per heavy atom. The van der Waals surface area contributed by atoms with Crippen LogP contribution in [-0.2, 0) is 6.42 Å². The van der Waals surface area contributed by atoms with Gasteiger partial charge in [-0.05, 0) is 58.7 Å². The van der Waals surface area contributed by atoms with Crippen molar-refractivity contribution in [3.63, 3.8) is 0 Å². The third-order valence-electron chi connectivity index (χ3n) is 2.31. The molecule has 2 N–H and O–H groups in total. The molecule has 0 fully saturated rings. The molecule has 0 spiro atoms. The zero-order valence-electron chi connectivity index (χ0n) is 6.48. The minimum Gasteiger partial charge on any atom is -0.324 e. The van der Waals surface area contributed by atoms with Crippen LogP contribution in [0, 0.1) is 3.57 Å². The SMILES string of the molecule is NC1CCc2cc(I)c(Cl)cc21. The highest BCUT2D eigenvalue weighted by atomic mass is 127. The molecule has 0 bridgehead atoms. The van der Waals surface area contributed by atoms with E-state index in [0.717, 1.165) is 21.4 Å². The van der Waals surface area contributed by atoms with Crippen molar-refractivity contribution in [3.05, 3.63) is 31.9 Å². The molecule has 0 radical (unpaired) electrons. The average Bonchev–Trinajstić information content (AvgIpc) is 2.35. The molecular weight excluding hydrogens is 284 g/mol. The monoisotopic (exact) mass is 293 g/mol. The Bertz CT molecular complexity index is 325. The van der Waals surface area contributed by atoms with Crippen LogP contribution in [0.25, 0.3) is 0 Å². The van der Waals surface area contributed by atoms with E-state index in [0.29, 0.717) is 0 Å². The molecule has 1 aromatic rings. The lowest BCUT2D eigenvalue weighted by Gasteiger charge is -2.05. The van der Waals surface area contributed by atoms with Gasteiger partial charge in [-0.25, -0.2) is 0 Å². The summed E-state index contributed by atoms with van der Waals surface area (Å²) >= 11 is 8.25. The number of hydrogen-bond donors (Lipinski definition) is 1. The molecule has 2 rings (SSSR count). The maximum atomic E-state index is 5.99. The highest BCUT2D eigenvalue weighted by Crippen LogP contribution is 2.33. The first-order chi connectivity index (χ1) is 5.68. The Labute approximate surface area is 90.4 Å². The van der Waals surface area contributed by atoms with Crippen molar-refractivity contribution < 1.29 is 0 Å². The van der Waals surface area contributed by atoms with Gasteiger partial charge in [0.25, 0.3) is 0 Å². The summed E-state index contributed by atoms with van der Waals surface area (Å²) in [6, 6.07) is 4.36. The van der Waals surface area contributed by atoms with Crippen LogP contribution >= 0.6 is 34.2 Å². The second kappa shape index (κ2) is 3.16. The first-order valence-corrected chi connectivity index (χ1v) is 5.37. The van der Waals surface area contributed by atoms with Gasteiger partial charge in [0.05, 0.1) is 5.02 Å². The molecule has 0 aromatic heterocycles. The summed E-state index contributed by atoms with van der Waals surface area (Å²) in [5.74, 6) is 0. The minimum absolute atomic E-state index is 0.203. The van der Waals surface area contributed by atoms with Crippen molar-refractivity contribution in [2.24, 2.45) is 5.73 Å². The van der Waals surface area contributed by atoms with E-state index in [4.69, 9.17) is 17.3 Å². The molecule has 0 heterocycles. The third kappa shape index (κ3) is 1.36.